The lowest BCUT2D eigenvalue weighted by Crippen LogP contribution is -2.19. The summed E-state index contributed by atoms with van der Waals surface area (Å²) in [4.78, 5) is 11.9. The van der Waals surface area contributed by atoms with E-state index in [1.54, 1.807) is 6.21 Å². The predicted molar refractivity (Wildman–Crippen MR) is 126 cm³/mol. The number of hydrogen-bond acceptors (Lipinski definition) is 4. The summed E-state index contributed by atoms with van der Waals surface area (Å²) < 4.78 is 5.75. The lowest BCUT2D eigenvalue weighted by molar-refractivity contribution is -0.118. The predicted octanol–water partition coefficient (Wildman–Crippen LogP) is 5.96. The Hall–Kier alpha value is -2.47. The Morgan fingerprint density at radius 1 is 1.00 bits per heavy atom. The number of hydrogen-bond donors (Lipinski definition) is 1. The van der Waals surface area contributed by atoms with Crippen LogP contribution < -0.4 is 10.2 Å². The fourth-order valence-electron chi connectivity index (χ4n) is 2.48. The standard InChI is InChI=1S/C23H20Cl2N2O2S/c24-20-9-5-18(6-10-20)14-29-21-11-7-17(8-12-21)13-26-27-23(28)16-30-15-19-3-1-2-4-22(19)25/h1-13H,14-16H2,(H,27,28). The van der Waals surface area contributed by atoms with E-state index < -0.39 is 0 Å². The number of amides is 1. The van der Waals surface area contributed by atoms with Gasteiger partial charge in [0.2, 0.25) is 5.91 Å². The molecule has 1 N–H and O–H groups in total. The zero-order chi connectivity index (χ0) is 21.2. The first-order chi connectivity index (χ1) is 14.6. The second-order valence-corrected chi connectivity index (χ2v) is 8.19. The fraction of sp³-hybridized carbons (Fsp3) is 0.130. The molecule has 0 aromatic heterocycles. The van der Waals surface area contributed by atoms with E-state index in [9.17, 15) is 4.79 Å². The molecule has 0 bridgehead atoms. The van der Waals surface area contributed by atoms with Crippen molar-refractivity contribution < 1.29 is 9.53 Å². The van der Waals surface area contributed by atoms with E-state index in [0.717, 1.165) is 22.4 Å². The molecule has 0 spiro atoms. The average Bonchev–Trinajstić information content (AvgIpc) is 2.76. The normalized spacial score (nSPS) is 10.9. The minimum Gasteiger partial charge on any atom is -0.489 e. The number of ether oxygens (including phenoxy) is 1. The minimum atomic E-state index is -0.161. The summed E-state index contributed by atoms with van der Waals surface area (Å²) in [5.41, 5.74) is 5.45. The van der Waals surface area contributed by atoms with Gasteiger partial charge in [-0.1, -0.05) is 53.5 Å². The van der Waals surface area contributed by atoms with Crippen molar-refractivity contribution in [1.82, 2.24) is 5.43 Å². The molecule has 1 amide bonds. The number of nitrogens with zero attached hydrogens (tertiary/aromatic N) is 1. The van der Waals surface area contributed by atoms with Crippen molar-refractivity contribution in [1.29, 1.82) is 0 Å². The topological polar surface area (TPSA) is 50.7 Å². The highest BCUT2D eigenvalue weighted by Crippen LogP contribution is 2.20. The second-order valence-electron chi connectivity index (χ2n) is 6.36. The fourth-order valence-corrected chi connectivity index (χ4v) is 3.71. The van der Waals surface area contributed by atoms with Crippen molar-refractivity contribution >= 4 is 47.1 Å². The highest BCUT2D eigenvalue weighted by Gasteiger charge is 2.03. The maximum absolute atomic E-state index is 11.9. The number of nitrogens with one attached hydrogen (secondary N) is 1. The van der Waals surface area contributed by atoms with E-state index in [1.807, 2.05) is 72.8 Å². The van der Waals surface area contributed by atoms with Crippen LogP contribution in [-0.2, 0) is 17.2 Å². The van der Waals surface area contributed by atoms with Crippen LogP contribution in [0, 0.1) is 0 Å². The van der Waals surface area contributed by atoms with Crippen LogP contribution in [-0.4, -0.2) is 17.9 Å². The molecule has 154 valence electrons. The molecule has 7 heteroatoms. The molecule has 3 aromatic rings. The van der Waals surface area contributed by atoms with Gasteiger partial charge in [0.15, 0.2) is 0 Å². The van der Waals surface area contributed by atoms with Gasteiger partial charge in [-0.15, -0.1) is 11.8 Å². The molecule has 0 atom stereocenters. The Morgan fingerprint density at radius 3 is 2.47 bits per heavy atom. The maximum atomic E-state index is 11.9. The van der Waals surface area contributed by atoms with Gasteiger partial charge in [0.25, 0.3) is 0 Å². The summed E-state index contributed by atoms with van der Waals surface area (Å²) in [5.74, 6) is 1.57. The highest BCUT2D eigenvalue weighted by molar-refractivity contribution is 7.99. The monoisotopic (exact) mass is 458 g/mol. The summed E-state index contributed by atoms with van der Waals surface area (Å²) >= 11 is 13.5. The average molecular weight is 459 g/mol. The van der Waals surface area contributed by atoms with Gasteiger partial charge in [0.1, 0.15) is 12.4 Å². The van der Waals surface area contributed by atoms with Crippen molar-refractivity contribution in [2.75, 3.05) is 5.75 Å². The summed E-state index contributed by atoms with van der Waals surface area (Å²) in [5, 5.41) is 5.41. The molecular weight excluding hydrogens is 439 g/mol. The Balaban J connectivity index is 1.38. The van der Waals surface area contributed by atoms with Gasteiger partial charge in [-0.05, 0) is 59.2 Å². The Morgan fingerprint density at radius 2 is 1.73 bits per heavy atom. The minimum absolute atomic E-state index is 0.161. The van der Waals surface area contributed by atoms with Crippen LogP contribution in [0.1, 0.15) is 16.7 Å². The van der Waals surface area contributed by atoms with Crippen LogP contribution in [0.2, 0.25) is 10.0 Å². The molecule has 0 aliphatic heterocycles. The van der Waals surface area contributed by atoms with Gasteiger partial charge in [-0.25, -0.2) is 5.43 Å². The van der Waals surface area contributed by atoms with Gasteiger partial charge in [-0.3, -0.25) is 4.79 Å². The summed E-state index contributed by atoms with van der Waals surface area (Å²) in [6, 6.07) is 22.6. The quantitative estimate of drug-likeness (QED) is 0.318. The lowest BCUT2D eigenvalue weighted by Gasteiger charge is -2.06. The first kappa shape index (κ1) is 22.2. The van der Waals surface area contributed by atoms with Crippen LogP contribution in [0.25, 0.3) is 0 Å². The largest absolute Gasteiger partial charge is 0.489 e. The molecule has 0 radical (unpaired) electrons. The summed E-state index contributed by atoms with van der Waals surface area (Å²) in [7, 11) is 0. The molecule has 3 aromatic carbocycles. The SMILES string of the molecule is O=C(CSCc1ccccc1Cl)NN=Cc1ccc(OCc2ccc(Cl)cc2)cc1. The van der Waals surface area contributed by atoms with Crippen LogP contribution in [0.5, 0.6) is 5.75 Å². The Kier molecular flexibility index (Phi) is 8.63. The van der Waals surface area contributed by atoms with Crippen LogP contribution in [0.3, 0.4) is 0 Å². The van der Waals surface area contributed by atoms with Crippen LogP contribution >= 0.6 is 35.0 Å². The van der Waals surface area contributed by atoms with Gasteiger partial charge in [-0.2, -0.15) is 5.10 Å². The van der Waals surface area contributed by atoms with Crippen molar-refractivity contribution in [2.45, 2.75) is 12.4 Å². The van der Waals surface area contributed by atoms with E-state index in [4.69, 9.17) is 27.9 Å². The third-order valence-electron chi connectivity index (χ3n) is 4.05. The van der Waals surface area contributed by atoms with E-state index in [2.05, 4.69) is 10.5 Å². The summed E-state index contributed by atoms with van der Waals surface area (Å²) in [6.45, 7) is 0.465. The molecule has 0 heterocycles. The number of carbonyl (C=O) groups is 1. The van der Waals surface area contributed by atoms with Crippen molar-refractivity contribution in [3.8, 4) is 5.75 Å². The second kappa shape index (κ2) is 11.6. The molecular formula is C23H20Cl2N2O2S. The first-order valence-corrected chi connectivity index (χ1v) is 11.1. The van der Waals surface area contributed by atoms with Gasteiger partial charge < -0.3 is 4.74 Å². The third kappa shape index (κ3) is 7.41. The smallest absolute Gasteiger partial charge is 0.250 e. The number of rotatable bonds is 9. The Labute approximate surface area is 190 Å². The molecule has 0 aliphatic carbocycles. The molecule has 0 fully saturated rings. The number of hydrazone groups is 1. The molecule has 4 nitrogen and oxygen atoms in total. The molecule has 0 aliphatic rings. The number of halogens is 2. The number of carbonyl (C=O) groups excluding carboxylic acids is 1. The molecule has 0 saturated heterocycles. The maximum Gasteiger partial charge on any atom is 0.250 e. The van der Waals surface area contributed by atoms with Gasteiger partial charge >= 0.3 is 0 Å². The first-order valence-electron chi connectivity index (χ1n) is 9.20. The van der Waals surface area contributed by atoms with Crippen molar-refractivity contribution in [2.24, 2.45) is 5.10 Å². The highest BCUT2D eigenvalue weighted by atomic mass is 35.5. The lowest BCUT2D eigenvalue weighted by atomic mass is 10.2. The van der Waals surface area contributed by atoms with Crippen LogP contribution in [0.4, 0.5) is 0 Å². The van der Waals surface area contributed by atoms with Crippen LogP contribution in [0.15, 0.2) is 77.9 Å². The molecule has 0 saturated carbocycles. The third-order valence-corrected chi connectivity index (χ3v) is 5.65. The molecule has 3 rings (SSSR count). The van der Waals surface area contributed by atoms with E-state index in [-0.39, 0.29) is 5.91 Å². The zero-order valence-electron chi connectivity index (χ0n) is 16.1. The Bertz CT molecular complexity index is 993. The molecule has 30 heavy (non-hydrogen) atoms. The van der Waals surface area contributed by atoms with Crippen molar-refractivity contribution in [3.63, 3.8) is 0 Å². The number of thioether (sulfide) groups is 1. The van der Waals surface area contributed by atoms with E-state index in [0.29, 0.717) is 28.2 Å². The van der Waals surface area contributed by atoms with E-state index in [1.165, 1.54) is 11.8 Å². The number of benzene rings is 3. The zero-order valence-corrected chi connectivity index (χ0v) is 18.4. The van der Waals surface area contributed by atoms with Crippen molar-refractivity contribution in [3.05, 3.63) is 99.5 Å². The van der Waals surface area contributed by atoms with Gasteiger partial charge in [0.05, 0.1) is 12.0 Å². The van der Waals surface area contributed by atoms with Gasteiger partial charge in [0, 0.05) is 15.8 Å². The molecule has 0 unspecified atom stereocenters. The summed E-state index contributed by atoms with van der Waals surface area (Å²) in [6.07, 6.45) is 1.60. The van der Waals surface area contributed by atoms with E-state index >= 15 is 0 Å².